The summed E-state index contributed by atoms with van der Waals surface area (Å²) in [5.74, 6) is 0.569. The van der Waals surface area contributed by atoms with Gasteiger partial charge < -0.3 is 4.57 Å². The maximum Gasteiger partial charge on any atom is 0.0951 e. The number of halogens is 1. The first-order valence-electron chi connectivity index (χ1n) is 5.69. The van der Waals surface area contributed by atoms with E-state index < -0.39 is 0 Å². The number of hydrogen-bond donors (Lipinski definition) is 0. The number of hydrogen-bond acceptors (Lipinski definition) is 2. The van der Waals surface area contributed by atoms with Crippen LogP contribution in [0.15, 0.2) is 12.5 Å². The molecule has 2 aliphatic rings. The highest BCUT2D eigenvalue weighted by Crippen LogP contribution is 2.33. The predicted octanol–water partition coefficient (Wildman–Crippen LogP) is 2.03. The minimum atomic E-state index is 0.569. The highest BCUT2D eigenvalue weighted by atomic mass is 35.5. The van der Waals surface area contributed by atoms with Crippen LogP contribution in [0.3, 0.4) is 0 Å². The van der Waals surface area contributed by atoms with Crippen molar-refractivity contribution in [2.75, 3.05) is 13.1 Å². The summed E-state index contributed by atoms with van der Waals surface area (Å²) in [6.07, 6.45) is 7.86. The molecule has 0 spiro atoms. The van der Waals surface area contributed by atoms with Crippen LogP contribution in [0.2, 0.25) is 0 Å². The van der Waals surface area contributed by atoms with Gasteiger partial charge >= 0.3 is 0 Å². The molecule has 2 fully saturated rings. The molecule has 0 amide bonds. The Balaban J connectivity index is 1.72. The van der Waals surface area contributed by atoms with Crippen LogP contribution >= 0.6 is 11.6 Å². The van der Waals surface area contributed by atoms with Gasteiger partial charge in [-0.25, -0.2) is 4.98 Å². The van der Waals surface area contributed by atoms with E-state index in [9.17, 15) is 0 Å². The van der Waals surface area contributed by atoms with E-state index >= 15 is 0 Å². The molecule has 0 bridgehead atoms. The van der Waals surface area contributed by atoms with Gasteiger partial charge in [0.15, 0.2) is 0 Å². The molecule has 3 rings (SSSR count). The summed E-state index contributed by atoms with van der Waals surface area (Å²) in [5, 5.41) is 0. The van der Waals surface area contributed by atoms with Crippen LogP contribution in [0.1, 0.15) is 31.0 Å². The maximum atomic E-state index is 5.89. The van der Waals surface area contributed by atoms with E-state index in [1.54, 1.807) is 0 Å². The zero-order valence-electron chi connectivity index (χ0n) is 8.77. The fourth-order valence-electron chi connectivity index (χ4n) is 2.53. The van der Waals surface area contributed by atoms with Crippen molar-refractivity contribution in [3.05, 3.63) is 18.2 Å². The molecule has 1 aromatic heterocycles. The normalized spacial score (nSPS) is 27.4. The van der Waals surface area contributed by atoms with E-state index in [1.165, 1.54) is 32.4 Å². The topological polar surface area (TPSA) is 21.1 Å². The first-order chi connectivity index (χ1) is 7.38. The average molecular weight is 226 g/mol. The Morgan fingerprint density at radius 2 is 2.20 bits per heavy atom. The van der Waals surface area contributed by atoms with E-state index in [2.05, 4.69) is 14.5 Å². The van der Waals surface area contributed by atoms with Gasteiger partial charge in [-0.15, -0.1) is 11.6 Å². The molecule has 1 aliphatic carbocycles. The zero-order chi connectivity index (χ0) is 10.3. The number of rotatable bonds is 3. The quantitative estimate of drug-likeness (QED) is 0.734. The Bertz CT molecular complexity index is 345. The van der Waals surface area contributed by atoms with Crippen molar-refractivity contribution >= 4 is 11.6 Å². The van der Waals surface area contributed by atoms with Crippen molar-refractivity contribution in [1.82, 2.24) is 14.5 Å². The fraction of sp³-hybridized carbons (Fsp3) is 0.727. The van der Waals surface area contributed by atoms with Gasteiger partial charge in [-0.2, -0.15) is 0 Å². The molecule has 1 atom stereocenters. The largest absolute Gasteiger partial charge is 0.329 e. The van der Waals surface area contributed by atoms with Crippen LogP contribution in [-0.4, -0.2) is 33.6 Å². The third kappa shape index (κ3) is 1.79. The molecule has 1 aromatic rings. The predicted molar refractivity (Wildman–Crippen MR) is 60.0 cm³/mol. The van der Waals surface area contributed by atoms with Gasteiger partial charge in [-0.05, 0) is 19.3 Å². The van der Waals surface area contributed by atoms with Gasteiger partial charge in [0.05, 0.1) is 17.9 Å². The lowest BCUT2D eigenvalue weighted by Gasteiger charge is -2.16. The van der Waals surface area contributed by atoms with Gasteiger partial charge in [-0.1, -0.05) is 0 Å². The molecule has 1 aliphatic heterocycles. The maximum absolute atomic E-state index is 5.89. The van der Waals surface area contributed by atoms with Crippen molar-refractivity contribution in [1.29, 1.82) is 0 Å². The monoisotopic (exact) mass is 225 g/mol. The molecule has 3 nitrogen and oxygen atoms in total. The second kappa shape index (κ2) is 3.80. The molecule has 0 aromatic carbocycles. The van der Waals surface area contributed by atoms with E-state index in [0.717, 1.165) is 11.7 Å². The molecular formula is C11H16ClN3. The van der Waals surface area contributed by atoms with Gasteiger partial charge in [0.2, 0.25) is 0 Å². The van der Waals surface area contributed by atoms with E-state index in [0.29, 0.717) is 11.9 Å². The molecule has 4 heteroatoms. The van der Waals surface area contributed by atoms with Crippen molar-refractivity contribution in [2.24, 2.45) is 0 Å². The first kappa shape index (κ1) is 9.67. The lowest BCUT2D eigenvalue weighted by atomic mass is 10.2. The molecular weight excluding hydrogens is 210 g/mol. The lowest BCUT2D eigenvalue weighted by molar-refractivity contribution is 0.313. The third-order valence-corrected chi connectivity index (χ3v) is 3.81. The summed E-state index contributed by atoms with van der Waals surface area (Å²) in [6, 6.07) is 1.49. The summed E-state index contributed by atoms with van der Waals surface area (Å²) >= 11 is 5.89. The minimum absolute atomic E-state index is 0.569. The van der Waals surface area contributed by atoms with E-state index in [4.69, 9.17) is 11.6 Å². The minimum Gasteiger partial charge on any atom is -0.329 e. The molecule has 0 N–H and O–H groups in total. The van der Waals surface area contributed by atoms with Crippen LogP contribution in [0.5, 0.6) is 0 Å². The lowest BCUT2D eigenvalue weighted by Crippen LogP contribution is -2.23. The molecule has 1 saturated carbocycles. The van der Waals surface area contributed by atoms with Gasteiger partial charge in [0.1, 0.15) is 0 Å². The smallest absolute Gasteiger partial charge is 0.0951 e. The number of imidazole rings is 1. The van der Waals surface area contributed by atoms with Gasteiger partial charge in [0.25, 0.3) is 0 Å². The van der Waals surface area contributed by atoms with Crippen molar-refractivity contribution in [3.8, 4) is 0 Å². The number of aromatic nitrogens is 2. The highest BCUT2D eigenvalue weighted by molar-refractivity contribution is 6.16. The molecule has 2 heterocycles. The average Bonchev–Trinajstić information content (AvgIpc) is 2.83. The summed E-state index contributed by atoms with van der Waals surface area (Å²) in [4.78, 5) is 6.80. The second-order valence-corrected chi connectivity index (χ2v) is 4.86. The number of nitrogens with zero attached hydrogens (tertiary/aromatic N) is 3. The Hall–Kier alpha value is -0.540. The van der Waals surface area contributed by atoms with E-state index in [-0.39, 0.29) is 0 Å². The van der Waals surface area contributed by atoms with Crippen LogP contribution in [-0.2, 0) is 5.88 Å². The second-order valence-electron chi connectivity index (χ2n) is 4.59. The molecule has 1 saturated heterocycles. The standard InChI is InChI=1S/C11H16ClN3/c12-5-11-6-13-8-15(11)10-3-4-14(7-10)9-1-2-9/h6,8-10H,1-5,7H2. The molecule has 1 unspecified atom stereocenters. The highest BCUT2D eigenvalue weighted by Gasteiger charge is 2.35. The Kier molecular flexibility index (Phi) is 2.45. The molecule has 0 radical (unpaired) electrons. The zero-order valence-corrected chi connectivity index (χ0v) is 9.53. The summed E-state index contributed by atoms with van der Waals surface area (Å²) in [7, 11) is 0. The fourth-order valence-corrected chi connectivity index (χ4v) is 2.74. The summed E-state index contributed by atoms with van der Waals surface area (Å²) in [5.41, 5.74) is 1.15. The van der Waals surface area contributed by atoms with Crippen molar-refractivity contribution < 1.29 is 0 Å². The van der Waals surface area contributed by atoms with Crippen molar-refractivity contribution in [2.45, 2.75) is 37.2 Å². The summed E-state index contributed by atoms with van der Waals surface area (Å²) < 4.78 is 2.26. The van der Waals surface area contributed by atoms with Crippen LogP contribution in [0.4, 0.5) is 0 Å². The first-order valence-corrected chi connectivity index (χ1v) is 6.22. The Morgan fingerprint density at radius 3 is 2.93 bits per heavy atom. The van der Waals surface area contributed by atoms with Crippen molar-refractivity contribution in [3.63, 3.8) is 0 Å². The van der Waals surface area contributed by atoms with Gasteiger partial charge in [0, 0.05) is 31.4 Å². The Labute approximate surface area is 95.0 Å². The van der Waals surface area contributed by atoms with Gasteiger partial charge in [-0.3, -0.25) is 4.90 Å². The van der Waals surface area contributed by atoms with Crippen LogP contribution < -0.4 is 0 Å². The van der Waals surface area contributed by atoms with Crippen LogP contribution in [0.25, 0.3) is 0 Å². The number of likely N-dealkylation sites (tertiary alicyclic amines) is 1. The third-order valence-electron chi connectivity index (χ3n) is 3.53. The molecule has 82 valence electrons. The number of alkyl halides is 1. The molecule has 15 heavy (non-hydrogen) atoms. The van der Waals surface area contributed by atoms with E-state index in [1.807, 2.05) is 12.5 Å². The van der Waals surface area contributed by atoms with Crippen LogP contribution in [0, 0.1) is 0 Å². The summed E-state index contributed by atoms with van der Waals surface area (Å²) in [6.45, 7) is 2.43. The SMILES string of the molecule is ClCc1cncn1C1CCN(C2CC2)C1. The Morgan fingerprint density at radius 1 is 1.33 bits per heavy atom.